The maximum absolute atomic E-state index is 13.8. The SMILES string of the molecule is C=C(C(=O)c1ccc(-n2cncn2)cc1)c1ccc(F)cc1F. The summed E-state index contributed by atoms with van der Waals surface area (Å²) in [6.45, 7) is 3.62. The third-order valence-corrected chi connectivity index (χ3v) is 3.34. The van der Waals surface area contributed by atoms with Crippen molar-refractivity contribution < 1.29 is 13.6 Å². The zero-order valence-electron chi connectivity index (χ0n) is 11.9. The molecule has 0 N–H and O–H groups in total. The van der Waals surface area contributed by atoms with Crippen molar-refractivity contribution in [1.29, 1.82) is 0 Å². The van der Waals surface area contributed by atoms with Crippen LogP contribution in [-0.2, 0) is 0 Å². The number of rotatable bonds is 4. The van der Waals surface area contributed by atoms with E-state index in [4.69, 9.17) is 0 Å². The van der Waals surface area contributed by atoms with E-state index in [0.717, 1.165) is 17.8 Å². The second-order valence-electron chi connectivity index (χ2n) is 4.82. The topological polar surface area (TPSA) is 47.8 Å². The van der Waals surface area contributed by atoms with Crippen molar-refractivity contribution in [2.24, 2.45) is 0 Å². The summed E-state index contributed by atoms with van der Waals surface area (Å²) in [7, 11) is 0. The molecule has 1 heterocycles. The molecule has 0 fully saturated rings. The van der Waals surface area contributed by atoms with Crippen LogP contribution < -0.4 is 0 Å². The molecule has 0 unspecified atom stereocenters. The van der Waals surface area contributed by atoms with Crippen LogP contribution in [0.4, 0.5) is 8.78 Å². The Bertz CT molecular complexity index is 871. The Balaban J connectivity index is 1.86. The van der Waals surface area contributed by atoms with Gasteiger partial charge in [-0.1, -0.05) is 6.58 Å². The van der Waals surface area contributed by atoms with Gasteiger partial charge in [0, 0.05) is 22.8 Å². The molecule has 0 aliphatic heterocycles. The van der Waals surface area contributed by atoms with Crippen molar-refractivity contribution in [2.75, 3.05) is 0 Å². The molecule has 2 aromatic carbocycles. The van der Waals surface area contributed by atoms with E-state index in [1.165, 1.54) is 18.7 Å². The second kappa shape index (κ2) is 5.92. The summed E-state index contributed by atoms with van der Waals surface area (Å²) in [5.74, 6) is -1.95. The lowest BCUT2D eigenvalue weighted by molar-refractivity contribution is 0.105. The first-order chi connectivity index (χ1) is 11.1. The van der Waals surface area contributed by atoms with Crippen molar-refractivity contribution in [1.82, 2.24) is 14.8 Å². The first-order valence-electron chi connectivity index (χ1n) is 6.70. The fraction of sp³-hybridized carbons (Fsp3) is 0. The van der Waals surface area contributed by atoms with Crippen LogP contribution in [-0.4, -0.2) is 20.5 Å². The molecule has 0 saturated heterocycles. The number of hydrogen-bond acceptors (Lipinski definition) is 3. The van der Waals surface area contributed by atoms with Gasteiger partial charge in [0.05, 0.1) is 5.69 Å². The highest BCUT2D eigenvalue weighted by Gasteiger charge is 2.16. The molecule has 1 aromatic heterocycles. The number of carbonyl (C=O) groups excluding carboxylic acids is 1. The van der Waals surface area contributed by atoms with E-state index < -0.39 is 17.4 Å². The van der Waals surface area contributed by atoms with Crippen LogP contribution in [0, 0.1) is 11.6 Å². The molecular formula is C17H11F2N3O. The van der Waals surface area contributed by atoms with Crippen molar-refractivity contribution in [2.45, 2.75) is 0 Å². The molecule has 0 aliphatic carbocycles. The minimum absolute atomic E-state index is 0.0169. The maximum Gasteiger partial charge on any atom is 0.193 e. The van der Waals surface area contributed by atoms with E-state index in [1.807, 2.05) is 0 Å². The summed E-state index contributed by atoms with van der Waals surface area (Å²) >= 11 is 0. The number of hydrogen-bond donors (Lipinski definition) is 0. The average Bonchev–Trinajstić information content (AvgIpc) is 3.08. The van der Waals surface area contributed by atoms with Crippen molar-refractivity contribution in [3.63, 3.8) is 0 Å². The fourth-order valence-corrected chi connectivity index (χ4v) is 2.14. The number of nitrogens with zero attached hydrogens (tertiary/aromatic N) is 3. The molecule has 0 spiro atoms. The van der Waals surface area contributed by atoms with Gasteiger partial charge in [-0.3, -0.25) is 4.79 Å². The van der Waals surface area contributed by atoms with Gasteiger partial charge in [0.2, 0.25) is 0 Å². The van der Waals surface area contributed by atoms with Gasteiger partial charge >= 0.3 is 0 Å². The van der Waals surface area contributed by atoms with Gasteiger partial charge < -0.3 is 0 Å². The molecule has 4 nitrogen and oxygen atoms in total. The van der Waals surface area contributed by atoms with E-state index in [2.05, 4.69) is 16.7 Å². The van der Waals surface area contributed by atoms with Gasteiger partial charge in [-0.2, -0.15) is 5.10 Å². The number of halogens is 2. The molecule has 114 valence electrons. The predicted molar refractivity (Wildman–Crippen MR) is 81.1 cm³/mol. The highest BCUT2D eigenvalue weighted by molar-refractivity contribution is 6.28. The van der Waals surface area contributed by atoms with Crippen LogP contribution in [0.15, 0.2) is 61.7 Å². The average molecular weight is 311 g/mol. The monoisotopic (exact) mass is 311 g/mol. The first-order valence-corrected chi connectivity index (χ1v) is 6.70. The highest BCUT2D eigenvalue weighted by atomic mass is 19.1. The van der Waals surface area contributed by atoms with Crippen LogP contribution in [0.1, 0.15) is 15.9 Å². The third-order valence-electron chi connectivity index (χ3n) is 3.34. The number of benzene rings is 2. The van der Waals surface area contributed by atoms with Gasteiger partial charge in [0.25, 0.3) is 0 Å². The minimum atomic E-state index is -0.817. The number of aromatic nitrogens is 3. The number of carbonyl (C=O) groups is 1. The van der Waals surface area contributed by atoms with E-state index >= 15 is 0 Å². The van der Waals surface area contributed by atoms with Crippen molar-refractivity contribution in [3.8, 4) is 5.69 Å². The van der Waals surface area contributed by atoms with E-state index in [1.54, 1.807) is 28.9 Å². The Hall–Kier alpha value is -3.15. The maximum atomic E-state index is 13.8. The van der Waals surface area contributed by atoms with Gasteiger partial charge in [-0.05, 0) is 36.4 Å². The Kier molecular flexibility index (Phi) is 3.80. The standard InChI is InChI=1S/C17H11F2N3O/c1-11(15-7-4-13(18)8-16(15)19)17(23)12-2-5-14(6-3-12)22-10-20-9-21-22/h2-10H,1H2. The van der Waals surface area contributed by atoms with E-state index in [0.29, 0.717) is 5.56 Å². The van der Waals surface area contributed by atoms with Gasteiger partial charge in [0.15, 0.2) is 5.78 Å². The molecule has 0 aliphatic rings. The lowest BCUT2D eigenvalue weighted by Crippen LogP contribution is -2.04. The van der Waals surface area contributed by atoms with Gasteiger partial charge in [-0.25, -0.2) is 18.4 Å². The summed E-state index contributed by atoms with van der Waals surface area (Å²) in [4.78, 5) is 16.2. The number of allylic oxidation sites excluding steroid dienone is 1. The van der Waals surface area contributed by atoms with Crippen molar-refractivity contribution in [3.05, 3.63) is 84.5 Å². The zero-order chi connectivity index (χ0) is 16.4. The van der Waals surface area contributed by atoms with Gasteiger partial charge in [0.1, 0.15) is 24.3 Å². The van der Waals surface area contributed by atoms with Crippen LogP contribution >= 0.6 is 0 Å². The molecule has 6 heteroatoms. The normalized spacial score (nSPS) is 10.5. The summed E-state index contributed by atoms with van der Waals surface area (Å²) in [5.41, 5.74) is 1.04. The predicted octanol–water partition coefficient (Wildman–Crippen LogP) is 3.44. The summed E-state index contributed by atoms with van der Waals surface area (Å²) in [5, 5.41) is 3.98. The smallest absolute Gasteiger partial charge is 0.193 e. The summed E-state index contributed by atoms with van der Waals surface area (Å²) in [6.07, 6.45) is 2.93. The van der Waals surface area contributed by atoms with E-state index in [-0.39, 0.29) is 11.1 Å². The Morgan fingerprint density at radius 3 is 2.43 bits per heavy atom. The summed E-state index contributed by atoms with van der Waals surface area (Å²) < 4.78 is 28.2. The van der Waals surface area contributed by atoms with Crippen LogP contribution in [0.3, 0.4) is 0 Å². The molecule has 3 rings (SSSR count). The molecule has 3 aromatic rings. The van der Waals surface area contributed by atoms with Crippen LogP contribution in [0.2, 0.25) is 0 Å². The minimum Gasteiger partial charge on any atom is -0.289 e. The fourth-order valence-electron chi connectivity index (χ4n) is 2.14. The molecule has 0 radical (unpaired) electrons. The Morgan fingerprint density at radius 2 is 1.83 bits per heavy atom. The van der Waals surface area contributed by atoms with Crippen LogP contribution in [0.25, 0.3) is 11.3 Å². The number of Topliss-reactive ketones (excluding diaryl/α,β-unsaturated/α-hetero) is 1. The lowest BCUT2D eigenvalue weighted by atomic mass is 9.97. The van der Waals surface area contributed by atoms with Crippen LogP contribution in [0.5, 0.6) is 0 Å². The number of ketones is 1. The van der Waals surface area contributed by atoms with Crippen molar-refractivity contribution >= 4 is 11.4 Å². The lowest BCUT2D eigenvalue weighted by Gasteiger charge is -2.07. The summed E-state index contributed by atoms with van der Waals surface area (Å²) in [6, 6.07) is 9.57. The Morgan fingerprint density at radius 1 is 1.09 bits per heavy atom. The molecule has 23 heavy (non-hydrogen) atoms. The van der Waals surface area contributed by atoms with E-state index in [9.17, 15) is 13.6 Å². The third kappa shape index (κ3) is 2.91. The zero-order valence-corrected chi connectivity index (χ0v) is 11.9. The highest BCUT2D eigenvalue weighted by Crippen LogP contribution is 2.22. The molecule has 0 amide bonds. The molecular weight excluding hydrogens is 300 g/mol. The largest absolute Gasteiger partial charge is 0.289 e. The Labute approximate surface area is 130 Å². The molecule has 0 bridgehead atoms. The van der Waals surface area contributed by atoms with Gasteiger partial charge in [-0.15, -0.1) is 0 Å². The molecule has 0 atom stereocenters. The quantitative estimate of drug-likeness (QED) is 0.548. The molecule has 0 saturated carbocycles. The second-order valence-corrected chi connectivity index (χ2v) is 4.82. The first kappa shape index (κ1) is 14.8.